The van der Waals surface area contributed by atoms with Gasteiger partial charge in [-0.3, -0.25) is 9.69 Å². The van der Waals surface area contributed by atoms with E-state index in [2.05, 4.69) is 0 Å². The van der Waals surface area contributed by atoms with Gasteiger partial charge >= 0.3 is 5.97 Å². The smallest absolute Gasteiger partial charge is 0.304 e. The second-order valence-electron chi connectivity index (χ2n) is 3.73. The van der Waals surface area contributed by atoms with Crippen LogP contribution in [-0.2, 0) is 11.3 Å². The third-order valence-corrected chi connectivity index (χ3v) is 2.51. The van der Waals surface area contributed by atoms with Crippen LogP contribution in [0.15, 0.2) is 18.2 Å². The van der Waals surface area contributed by atoms with Crippen molar-refractivity contribution in [2.24, 2.45) is 0 Å². The first-order chi connectivity index (χ1) is 8.04. The van der Waals surface area contributed by atoms with Crippen LogP contribution in [-0.4, -0.2) is 29.1 Å². The quantitative estimate of drug-likeness (QED) is 0.833. The Hall–Kier alpha value is -1.49. The predicted molar refractivity (Wildman–Crippen MR) is 59.6 cm³/mol. The van der Waals surface area contributed by atoms with Crippen LogP contribution < -0.4 is 0 Å². The highest BCUT2D eigenvalue weighted by Gasteiger charge is 2.12. The summed E-state index contributed by atoms with van der Waals surface area (Å²) in [6, 6.07) is 4.01. The first kappa shape index (κ1) is 13.6. The molecule has 3 nitrogen and oxygen atoms in total. The van der Waals surface area contributed by atoms with E-state index < -0.39 is 17.6 Å². The van der Waals surface area contributed by atoms with Gasteiger partial charge in [-0.2, -0.15) is 0 Å². The monoisotopic (exact) mass is 243 g/mol. The summed E-state index contributed by atoms with van der Waals surface area (Å²) in [7, 11) is 0. The fourth-order valence-corrected chi connectivity index (χ4v) is 1.51. The van der Waals surface area contributed by atoms with Crippen LogP contribution in [0.3, 0.4) is 0 Å². The molecule has 0 aliphatic heterocycles. The number of hydrogen-bond acceptors (Lipinski definition) is 2. The molecule has 5 heteroatoms. The van der Waals surface area contributed by atoms with E-state index in [9.17, 15) is 13.6 Å². The normalized spacial score (nSPS) is 10.8. The highest BCUT2D eigenvalue weighted by Crippen LogP contribution is 2.13. The molecule has 0 aromatic heterocycles. The van der Waals surface area contributed by atoms with Crippen molar-refractivity contribution < 1.29 is 18.7 Å². The van der Waals surface area contributed by atoms with Crippen molar-refractivity contribution in [3.63, 3.8) is 0 Å². The number of carboxylic acid groups (broad SMARTS) is 1. The molecule has 0 amide bonds. The van der Waals surface area contributed by atoms with Gasteiger partial charge < -0.3 is 5.11 Å². The minimum absolute atomic E-state index is 0.00915. The van der Waals surface area contributed by atoms with Gasteiger partial charge in [0.15, 0.2) is 11.6 Å². The zero-order valence-corrected chi connectivity index (χ0v) is 9.62. The van der Waals surface area contributed by atoms with Crippen molar-refractivity contribution in [2.45, 2.75) is 19.9 Å². The molecule has 1 rings (SSSR count). The molecular weight excluding hydrogens is 228 g/mol. The fourth-order valence-electron chi connectivity index (χ4n) is 1.51. The largest absolute Gasteiger partial charge is 0.481 e. The molecule has 0 saturated heterocycles. The van der Waals surface area contributed by atoms with Crippen molar-refractivity contribution in [2.75, 3.05) is 13.1 Å². The third kappa shape index (κ3) is 4.11. The zero-order chi connectivity index (χ0) is 12.8. The van der Waals surface area contributed by atoms with Crippen LogP contribution in [0.1, 0.15) is 18.9 Å². The molecular formula is C12H15F2NO2. The van der Waals surface area contributed by atoms with Crippen molar-refractivity contribution in [3.05, 3.63) is 35.4 Å². The van der Waals surface area contributed by atoms with Crippen molar-refractivity contribution in [1.29, 1.82) is 0 Å². The summed E-state index contributed by atoms with van der Waals surface area (Å²) in [6.45, 7) is 2.97. The molecule has 0 heterocycles. The molecule has 0 aliphatic carbocycles. The molecule has 0 bridgehead atoms. The van der Waals surface area contributed by atoms with Crippen LogP contribution in [0.5, 0.6) is 0 Å². The summed E-state index contributed by atoms with van der Waals surface area (Å²) >= 11 is 0. The molecule has 17 heavy (non-hydrogen) atoms. The highest BCUT2D eigenvalue weighted by molar-refractivity contribution is 5.66. The fraction of sp³-hybridized carbons (Fsp3) is 0.417. The van der Waals surface area contributed by atoms with E-state index >= 15 is 0 Å². The van der Waals surface area contributed by atoms with Gasteiger partial charge in [-0.25, -0.2) is 8.78 Å². The Morgan fingerprint density at radius 1 is 1.41 bits per heavy atom. The molecule has 94 valence electrons. The minimum Gasteiger partial charge on any atom is -0.481 e. The molecule has 0 radical (unpaired) electrons. The number of nitrogens with zero attached hydrogens (tertiary/aromatic N) is 1. The van der Waals surface area contributed by atoms with Gasteiger partial charge in [0, 0.05) is 18.7 Å². The summed E-state index contributed by atoms with van der Waals surface area (Å²) in [6.07, 6.45) is -0.00915. The van der Waals surface area contributed by atoms with E-state index in [1.54, 1.807) is 4.90 Å². The Labute approximate surface area is 98.7 Å². The van der Waals surface area contributed by atoms with E-state index in [0.717, 1.165) is 6.07 Å². The van der Waals surface area contributed by atoms with E-state index in [1.165, 1.54) is 12.1 Å². The number of hydrogen-bond donors (Lipinski definition) is 1. The van der Waals surface area contributed by atoms with E-state index in [1.807, 2.05) is 6.92 Å². The first-order valence-corrected chi connectivity index (χ1v) is 5.41. The van der Waals surface area contributed by atoms with Crippen molar-refractivity contribution in [1.82, 2.24) is 4.90 Å². The van der Waals surface area contributed by atoms with Crippen LogP contribution >= 0.6 is 0 Å². The average molecular weight is 243 g/mol. The number of benzene rings is 1. The molecule has 0 fully saturated rings. The lowest BCUT2D eigenvalue weighted by Crippen LogP contribution is -2.26. The molecule has 0 aliphatic rings. The molecule has 0 spiro atoms. The van der Waals surface area contributed by atoms with Gasteiger partial charge in [-0.05, 0) is 12.6 Å². The van der Waals surface area contributed by atoms with Crippen LogP contribution in [0.2, 0.25) is 0 Å². The van der Waals surface area contributed by atoms with E-state index in [-0.39, 0.29) is 18.5 Å². The van der Waals surface area contributed by atoms with Crippen LogP contribution in [0, 0.1) is 11.6 Å². The van der Waals surface area contributed by atoms with Crippen molar-refractivity contribution >= 4 is 5.97 Å². The number of rotatable bonds is 6. The van der Waals surface area contributed by atoms with E-state index in [0.29, 0.717) is 13.1 Å². The average Bonchev–Trinajstić information content (AvgIpc) is 2.29. The number of aliphatic carboxylic acids is 1. The van der Waals surface area contributed by atoms with Crippen molar-refractivity contribution in [3.8, 4) is 0 Å². The standard InChI is InChI=1S/C12H15F2NO2/c1-2-15(7-6-11(16)17)8-9-4-3-5-10(13)12(9)14/h3-5H,2,6-8H2,1H3,(H,16,17). The second-order valence-corrected chi connectivity index (χ2v) is 3.73. The summed E-state index contributed by atoms with van der Waals surface area (Å²) in [4.78, 5) is 12.2. The number of halogens is 2. The summed E-state index contributed by atoms with van der Waals surface area (Å²) in [5.74, 6) is -2.64. The number of carbonyl (C=O) groups is 1. The topological polar surface area (TPSA) is 40.5 Å². The molecule has 0 saturated carbocycles. The third-order valence-electron chi connectivity index (χ3n) is 2.51. The SMILES string of the molecule is CCN(CCC(=O)O)Cc1cccc(F)c1F. The minimum atomic E-state index is -0.900. The Kier molecular flexibility index (Phi) is 5.03. The maximum atomic E-state index is 13.4. The lowest BCUT2D eigenvalue weighted by atomic mass is 10.2. The zero-order valence-electron chi connectivity index (χ0n) is 9.62. The molecule has 0 unspecified atom stereocenters. The first-order valence-electron chi connectivity index (χ1n) is 5.41. The Bertz CT molecular complexity index is 396. The van der Waals surface area contributed by atoms with E-state index in [4.69, 9.17) is 5.11 Å². The number of carboxylic acids is 1. The molecule has 1 N–H and O–H groups in total. The maximum Gasteiger partial charge on any atom is 0.304 e. The van der Waals surface area contributed by atoms with Crippen LogP contribution in [0.4, 0.5) is 8.78 Å². The lowest BCUT2D eigenvalue weighted by molar-refractivity contribution is -0.137. The summed E-state index contributed by atoms with van der Waals surface area (Å²) in [5.41, 5.74) is 0.247. The molecule has 0 atom stereocenters. The summed E-state index contributed by atoms with van der Waals surface area (Å²) in [5, 5.41) is 8.56. The molecule has 1 aromatic rings. The van der Waals surface area contributed by atoms with Gasteiger partial charge in [0.25, 0.3) is 0 Å². The second kappa shape index (κ2) is 6.30. The predicted octanol–water partition coefficient (Wildman–Crippen LogP) is 2.26. The summed E-state index contributed by atoms with van der Waals surface area (Å²) < 4.78 is 26.3. The van der Waals surface area contributed by atoms with Gasteiger partial charge in [-0.1, -0.05) is 19.1 Å². The van der Waals surface area contributed by atoms with Gasteiger partial charge in [0.1, 0.15) is 0 Å². The lowest BCUT2D eigenvalue weighted by Gasteiger charge is -2.19. The van der Waals surface area contributed by atoms with Gasteiger partial charge in [-0.15, -0.1) is 0 Å². The van der Waals surface area contributed by atoms with Gasteiger partial charge in [0.05, 0.1) is 6.42 Å². The Morgan fingerprint density at radius 2 is 2.12 bits per heavy atom. The van der Waals surface area contributed by atoms with Gasteiger partial charge in [0.2, 0.25) is 0 Å². The molecule has 1 aromatic carbocycles. The van der Waals surface area contributed by atoms with Crippen LogP contribution in [0.25, 0.3) is 0 Å². The highest BCUT2D eigenvalue weighted by atomic mass is 19.2. The maximum absolute atomic E-state index is 13.4. The Balaban J connectivity index is 2.67. The Morgan fingerprint density at radius 3 is 2.71 bits per heavy atom.